The molecule has 0 N–H and O–H groups in total. The number of methoxy groups -OCH3 is 1. The molecule has 18 heavy (non-hydrogen) atoms. The molecule has 0 amide bonds. The fourth-order valence-electron chi connectivity index (χ4n) is 1.40. The SMILES string of the molecule is COc1ccc(C#Cc2ccc(Cl)cc2F)cc1. The van der Waals surface area contributed by atoms with E-state index in [-0.39, 0.29) is 0 Å². The van der Waals surface area contributed by atoms with Crippen molar-refractivity contribution in [2.45, 2.75) is 0 Å². The number of rotatable bonds is 1. The van der Waals surface area contributed by atoms with Gasteiger partial charge in [0.2, 0.25) is 0 Å². The van der Waals surface area contributed by atoms with Crippen LogP contribution in [0.25, 0.3) is 0 Å². The Kier molecular flexibility index (Phi) is 3.86. The molecule has 3 heteroatoms. The van der Waals surface area contributed by atoms with E-state index in [1.807, 2.05) is 24.3 Å². The molecule has 0 aromatic heterocycles. The first-order valence-corrected chi connectivity index (χ1v) is 5.68. The zero-order valence-corrected chi connectivity index (χ0v) is 10.5. The first kappa shape index (κ1) is 12.5. The smallest absolute Gasteiger partial charge is 0.140 e. The molecule has 0 spiro atoms. The first-order chi connectivity index (χ1) is 8.69. The Morgan fingerprint density at radius 3 is 2.39 bits per heavy atom. The van der Waals surface area contributed by atoms with Gasteiger partial charge in [-0.15, -0.1) is 0 Å². The van der Waals surface area contributed by atoms with Crippen molar-refractivity contribution >= 4 is 11.6 Å². The van der Waals surface area contributed by atoms with Crippen molar-refractivity contribution in [3.05, 3.63) is 64.4 Å². The molecule has 0 aliphatic rings. The molecule has 90 valence electrons. The minimum Gasteiger partial charge on any atom is -0.497 e. The second kappa shape index (κ2) is 5.57. The van der Waals surface area contributed by atoms with Crippen LogP contribution in [0.4, 0.5) is 4.39 Å². The van der Waals surface area contributed by atoms with E-state index >= 15 is 0 Å². The van der Waals surface area contributed by atoms with Crippen LogP contribution in [0.15, 0.2) is 42.5 Å². The molecule has 0 bridgehead atoms. The summed E-state index contributed by atoms with van der Waals surface area (Å²) in [5.74, 6) is 6.00. The van der Waals surface area contributed by atoms with Crippen LogP contribution in [0.5, 0.6) is 5.75 Å². The van der Waals surface area contributed by atoms with Gasteiger partial charge in [-0.3, -0.25) is 0 Å². The van der Waals surface area contributed by atoms with E-state index in [0.717, 1.165) is 11.3 Å². The molecule has 0 atom stereocenters. The van der Waals surface area contributed by atoms with Crippen LogP contribution in [0.3, 0.4) is 0 Å². The van der Waals surface area contributed by atoms with Crippen LogP contribution in [-0.2, 0) is 0 Å². The Hall–Kier alpha value is -1.98. The number of hydrogen-bond donors (Lipinski definition) is 0. The van der Waals surface area contributed by atoms with Crippen molar-refractivity contribution in [3.63, 3.8) is 0 Å². The predicted molar refractivity (Wildman–Crippen MR) is 70.4 cm³/mol. The molecule has 2 aromatic rings. The lowest BCUT2D eigenvalue weighted by Crippen LogP contribution is -1.84. The highest BCUT2D eigenvalue weighted by Gasteiger charge is 1.99. The van der Waals surface area contributed by atoms with Gasteiger partial charge in [0, 0.05) is 10.6 Å². The average Bonchev–Trinajstić information content (AvgIpc) is 2.38. The molecule has 0 radical (unpaired) electrons. The van der Waals surface area contributed by atoms with E-state index in [1.165, 1.54) is 6.07 Å². The van der Waals surface area contributed by atoms with Crippen LogP contribution in [0.2, 0.25) is 5.02 Å². The highest BCUT2D eigenvalue weighted by molar-refractivity contribution is 6.30. The third kappa shape index (κ3) is 3.03. The Labute approximate surface area is 110 Å². The summed E-state index contributed by atoms with van der Waals surface area (Å²) < 4.78 is 18.5. The lowest BCUT2D eigenvalue weighted by atomic mass is 10.1. The summed E-state index contributed by atoms with van der Waals surface area (Å²) in [6, 6.07) is 11.7. The molecule has 1 nitrogen and oxygen atoms in total. The standard InChI is InChI=1S/C15H10ClFO/c1-18-14-8-3-11(4-9-14)2-5-12-6-7-13(16)10-15(12)17/h3-4,6-10H,1H3. The van der Waals surface area contributed by atoms with Crippen LogP contribution in [0, 0.1) is 17.7 Å². The molecule has 0 aliphatic carbocycles. The third-order valence-corrected chi connectivity index (χ3v) is 2.60. The van der Waals surface area contributed by atoms with Crippen LogP contribution >= 0.6 is 11.6 Å². The summed E-state index contributed by atoms with van der Waals surface area (Å²) in [6.07, 6.45) is 0. The monoisotopic (exact) mass is 260 g/mol. The van der Waals surface area contributed by atoms with Gasteiger partial charge in [0.1, 0.15) is 11.6 Å². The van der Waals surface area contributed by atoms with Gasteiger partial charge in [-0.1, -0.05) is 23.4 Å². The van der Waals surface area contributed by atoms with Crippen molar-refractivity contribution in [2.75, 3.05) is 7.11 Å². The van der Waals surface area contributed by atoms with E-state index in [2.05, 4.69) is 11.8 Å². The number of benzene rings is 2. The summed E-state index contributed by atoms with van der Waals surface area (Å²) >= 11 is 5.67. The van der Waals surface area contributed by atoms with Gasteiger partial charge in [0.05, 0.1) is 12.7 Å². The number of halogens is 2. The van der Waals surface area contributed by atoms with Gasteiger partial charge in [0.25, 0.3) is 0 Å². The Morgan fingerprint density at radius 2 is 1.78 bits per heavy atom. The van der Waals surface area contributed by atoms with Gasteiger partial charge in [-0.05, 0) is 42.5 Å². The summed E-state index contributed by atoms with van der Waals surface area (Å²) in [5.41, 5.74) is 1.13. The normalized spacial score (nSPS) is 9.50. The number of ether oxygens (including phenoxy) is 1. The van der Waals surface area contributed by atoms with Crippen molar-refractivity contribution < 1.29 is 9.13 Å². The summed E-state index contributed by atoms with van der Waals surface area (Å²) in [4.78, 5) is 0. The van der Waals surface area contributed by atoms with E-state index in [1.54, 1.807) is 19.2 Å². The van der Waals surface area contributed by atoms with E-state index in [0.29, 0.717) is 10.6 Å². The molecule has 0 saturated heterocycles. The lowest BCUT2D eigenvalue weighted by Gasteiger charge is -1.98. The van der Waals surface area contributed by atoms with Gasteiger partial charge in [-0.25, -0.2) is 4.39 Å². The summed E-state index contributed by atoms with van der Waals surface area (Å²) in [7, 11) is 1.60. The number of hydrogen-bond acceptors (Lipinski definition) is 1. The van der Waals surface area contributed by atoms with Crippen molar-refractivity contribution in [1.82, 2.24) is 0 Å². The highest BCUT2D eigenvalue weighted by Crippen LogP contribution is 2.14. The maximum Gasteiger partial charge on any atom is 0.140 e. The average molecular weight is 261 g/mol. The Bertz CT molecular complexity index is 609. The minimum atomic E-state index is -0.413. The summed E-state index contributed by atoms with van der Waals surface area (Å²) in [6.45, 7) is 0. The van der Waals surface area contributed by atoms with Crippen molar-refractivity contribution in [1.29, 1.82) is 0 Å². The molecule has 0 saturated carbocycles. The van der Waals surface area contributed by atoms with E-state index < -0.39 is 5.82 Å². The molecular formula is C15H10ClFO. The molecule has 2 rings (SSSR count). The van der Waals surface area contributed by atoms with Crippen molar-refractivity contribution in [3.8, 4) is 17.6 Å². The van der Waals surface area contributed by atoms with Crippen molar-refractivity contribution in [2.24, 2.45) is 0 Å². The van der Waals surface area contributed by atoms with Crippen LogP contribution in [-0.4, -0.2) is 7.11 Å². The zero-order chi connectivity index (χ0) is 13.0. The van der Waals surface area contributed by atoms with Gasteiger partial charge < -0.3 is 4.74 Å². The molecule has 0 aliphatic heterocycles. The van der Waals surface area contributed by atoms with Gasteiger partial charge >= 0.3 is 0 Å². The summed E-state index contributed by atoms with van der Waals surface area (Å²) in [5, 5.41) is 0.363. The zero-order valence-electron chi connectivity index (χ0n) is 9.71. The third-order valence-electron chi connectivity index (χ3n) is 2.36. The largest absolute Gasteiger partial charge is 0.497 e. The molecular weight excluding hydrogens is 251 g/mol. The van der Waals surface area contributed by atoms with Crippen LogP contribution < -0.4 is 4.74 Å². The first-order valence-electron chi connectivity index (χ1n) is 5.30. The Balaban J connectivity index is 2.25. The second-order valence-corrected chi connectivity index (χ2v) is 4.04. The van der Waals surface area contributed by atoms with Crippen LogP contribution in [0.1, 0.15) is 11.1 Å². The molecule has 0 fully saturated rings. The highest BCUT2D eigenvalue weighted by atomic mass is 35.5. The lowest BCUT2D eigenvalue weighted by molar-refractivity contribution is 0.415. The second-order valence-electron chi connectivity index (χ2n) is 3.60. The maximum atomic E-state index is 13.5. The minimum absolute atomic E-state index is 0.329. The van der Waals surface area contributed by atoms with Gasteiger partial charge in [0.15, 0.2) is 0 Å². The van der Waals surface area contributed by atoms with E-state index in [9.17, 15) is 4.39 Å². The fourth-order valence-corrected chi connectivity index (χ4v) is 1.56. The fraction of sp³-hybridized carbons (Fsp3) is 0.0667. The van der Waals surface area contributed by atoms with Gasteiger partial charge in [-0.2, -0.15) is 0 Å². The molecule has 0 heterocycles. The topological polar surface area (TPSA) is 9.23 Å². The van der Waals surface area contributed by atoms with E-state index in [4.69, 9.17) is 16.3 Å². The predicted octanol–water partition coefficient (Wildman–Crippen LogP) is 3.89. The Morgan fingerprint density at radius 1 is 1.06 bits per heavy atom. The molecule has 0 unspecified atom stereocenters. The molecule has 2 aromatic carbocycles. The maximum absolute atomic E-state index is 13.5. The quantitative estimate of drug-likeness (QED) is 0.707.